The number of benzene rings is 2. The SMILES string of the molecule is CCOc1ccc(C(=O)Nc2ccc3c(c2)OCC(C)(C)C(=O)N3)cc1. The molecule has 0 atom stereocenters. The van der Waals surface area contributed by atoms with Crippen molar-refractivity contribution in [2.24, 2.45) is 5.41 Å². The number of anilines is 2. The van der Waals surface area contributed by atoms with Gasteiger partial charge in [-0.05, 0) is 57.2 Å². The Kier molecular flexibility index (Phi) is 4.84. The second kappa shape index (κ2) is 7.07. The summed E-state index contributed by atoms with van der Waals surface area (Å²) in [6.45, 7) is 6.40. The third-order valence-corrected chi connectivity index (χ3v) is 4.12. The highest BCUT2D eigenvalue weighted by Crippen LogP contribution is 2.34. The molecular weight excluding hydrogens is 332 g/mol. The van der Waals surface area contributed by atoms with Crippen molar-refractivity contribution in [3.05, 3.63) is 48.0 Å². The lowest BCUT2D eigenvalue weighted by Crippen LogP contribution is -2.33. The second-order valence-electron chi connectivity index (χ2n) is 6.75. The van der Waals surface area contributed by atoms with Gasteiger partial charge in [-0.15, -0.1) is 0 Å². The van der Waals surface area contributed by atoms with Gasteiger partial charge in [0, 0.05) is 17.3 Å². The molecule has 0 unspecified atom stereocenters. The number of hydrogen-bond donors (Lipinski definition) is 2. The number of carbonyl (C=O) groups excluding carboxylic acids is 2. The van der Waals surface area contributed by atoms with Gasteiger partial charge in [-0.25, -0.2) is 0 Å². The van der Waals surface area contributed by atoms with Gasteiger partial charge in [-0.2, -0.15) is 0 Å². The minimum absolute atomic E-state index is 0.0950. The molecule has 2 aromatic carbocycles. The first-order chi connectivity index (χ1) is 12.4. The topological polar surface area (TPSA) is 76.7 Å². The molecule has 6 heteroatoms. The van der Waals surface area contributed by atoms with Crippen LogP contribution in [0.5, 0.6) is 11.5 Å². The van der Waals surface area contributed by atoms with E-state index in [1.165, 1.54) is 0 Å². The predicted octanol–water partition coefficient (Wildman–Crippen LogP) is 3.69. The molecule has 0 saturated carbocycles. The first kappa shape index (κ1) is 17.8. The van der Waals surface area contributed by atoms with Crippen molar-refractivity contribution in [3.8, 4) is 11.5 Å². The summed E-state index contributed by atoms with van der Waals surface area (Å²) in [5.41, 5.74) is 1.10. The van der Waals surface area contributed by atoms with Crippen LogP contribution in [0.15, 0.2) is 42.5 Å². The molecule has 0 radical (unpaired) electrons. The Hall–Kier alpha value is -3.02. The van der Waals surface area contributed by atoms with Gasteiger partial charge in [0.1, 0.15) is 18.1 Å². The van der Waals surface area contributed by atoms with Gasteiger partial charge in [-0.3, -0.25) is 9.59 Å². The Bertz CT molecular complexity index is 828. The molecular formula is C20H22N2O4. The molecule has 2 aromatic rings. The van der Waals surface area contributed by atoms with Crippen LogP contribution in [0.4, 0.5) is 11.4 Å². The van der Waals surface area contributed by atoms with Gasteiger partial charge in [0.2, 0.25) is 5.91 Å². The molecule has 26 heavy (non-hydrogen) atoms. The molecule has 136 valence electrons. The number of fused-ring (bicyclic) bond motifs is 1. The van der Waals surface area contributed by atoms with E-state index in [2.05, 4.69) is 10.6 Å². The third-order valence-electron chi connectivity index (χ3n) is 4.12. The summed E-state index contributed by atoms with van der Waals surface area (Å²) in [6.07, 6.45) is 0. The van der Waals surface area contributed by atoms with Gasteiger partial charge in [0.15, 0.2) is 0 Å². The summed E-state index contributed by atoms with van der Waals surface area (Å²) in [5, 5.41) is 5.69. The summed E-state index contributed by atoms with van der Waals surface area (Å²) < 4.78 is 11.1. The van der Waals surface area contributed by atoms with Crippen molar-refractivity contribution in [2.75, 3.05) is 23.8 Å². The fourth-order valence-electron chi connectivity index (χ4n) is 2.51. The molecule has 0 saturated heterocycles. The van der Waals surface area contributed by atoms with E-state index in [0.29, 0.717) is 29.3 Å². The van der Waals surface area contributed by atoms with Crippen LogP contribution in [0.2, 0.25) is 0 Å². The van der Waals surface area contributed by atoms with Gasteiger partial charge in [-0.1, -0.05) is 0 Å². The van der Waals surface area contributed by atoms with E-state index < -0.39 is 5.41 Å². The first-order valence-electron chi connectivity index (χ1n) is 8.51. The minimum atomic E-state index is -0.620. The van der Waals surface area contributed by atoms with E-state index in [4.69, 9.17) is 9.47 Å². The molecule has 0 aromatic heterocycles. The Balaban J connectivity index is 1.74. The molecule has 1 heterocycles. The Morgan fingerprint density at radius 1 is 1.23 bits per heavy atom. The lowest BCUT2D eigenvalue weighted by atomic mass is 9.94. The van der Waals surface area contributed by atoms with Gasteiger partial charge >= 0.3 is 0 Å². The quantitative estimate of drug-likeness (QED) is 0.878. The van der Waals surface area contributed by atoms with E-state index >= 15 is 0 Å². The number of ether oxygens (including phenoxy) is 2. The lowest BCUT2D eigenvalue weighted by Gasteiger charge is -2.18. The highest BCUT2D eigenvalue weighted by molar-refractivity contribution is 6.05. The van der Waals surface area contributed by atoms with Crippen molar-refractivity contribution in [1.29, 1.82) is 0 Å². The van der Waals surface area contributed by atoms with Crippen LogP contribution in [-0.4, -0.2) is 25.0 Å². The Morgan fingerprint density at radius 2 is 1.96 bits per heavy atom. The average molecular weight is 354 g/mol. The smallest absolute Gasteiger partial charge is 0.255 e. The molecule has 2 amide bonds. The van der Waals surface area contributed by atoms with Crippen molar-refractivity contribution >= 4 is 23.2 Å². The molecule has 6 nitrogen and oxygen atoms in total. The molecule has 1 aliphatic rings. The fraction of sp³-hybridized carbons (Fsp3) is 0.300. The van der Waals surface area contributed by atoms with Gasteiger partial charge in [0.05, 0.1) is 17.7 Å². The predicted molar refractivity (Wildman–Crippen MR) is 99.9 cm³/mol. The van der Waals surface area contributed by atoms with Crippen molar-refractivity contribution < 1.29 is 19.1 Å². The molecule has 3 rings (SSSR count). The van der Waals surface area contributed by atoms with Crippen LogP contribution in [0.25, 0.3) is 0 Å². The third kappa shape index (κ3) is 3.79. The van der Waals surface area contributed by atoms with Crippen molar-refractivity contribution in [2.45, 2.75) is 20.8 Å². The monoisotopic (exact) mass is 354 g/mol. The molecule has 0 bridgehead atoms. The summed E-state index contributed by atoms with van der Waals surface area (Å²) >= 11 is 0. The van der Waals surface area contributed by atoms with E-state index in [0.717, 1.165) is 5.75 Å². The van der Waals surface area contributed by atoms with Gasteiger partial charge in [0.25, 0.3) is 5.91 Å². The maximum atomic E-state index is 12.4. The number of carbonyl (C=O) groups is 2. The largest absolute Gasteiger partial charge is 0.494 e. The molecule has 0 fully saturated rings. The number of amides is 2. The van der Waals surface area contributed by atoms with Crippen LogP contribution in [-0.2, 0) is 4.79 Å². The van der Waals surface area contributed by atoms with Crippen LogP contribution in [0.3, 0.4) is 0 Å². The highest BCUT2D eigenvalue weighted by atomic mass is 16.5. The summed E-state index contributed by atoms with van der Waals surface area (Å²) in [5.74, 6) is 0.933. The summed E-state index contributed by atoms with van der Waals surface area (Å²) in [7, 11) is 0. The zero-order valence-corrected chi connectivity index (χ0v) is 15.1. The fourth-order valence-corrected chi connectivity index (χ4v) is 2.51. The van der Waals surface area contributed by atoms with E-state index in [-0.39, 0.29) is 18.4 Å². The second-order valence-corrected chi connectivity index (χ2v) is 6.75. The number of nitrogens with one attached hydrogen (secondary N) is 2. The normalized spacial score (nSPS) is 15.1. The molecule has 0 aliphatic carbocycles. The van der Waals surface area contributed by atoms with Gasteiger partial charge < -0.3 is 20.1 Å². The summed E-state index contributed by atoms with van der Waals surface area (Å²) in [4.78, 5) is 24.6. The molecule has 2 N–H and O–H groups in total. The van der Waals surface area contributed by atoms with E-state index in [1.807, 2.05) is 20.8 Å². The van der Waals surface area contributed by atoms with Crippen LogP contribution < -0.4 is 20.1 Å². The maximum absolute atomic E-state index is 12.4. The van der Waals surface area contributed by atoms with Crippen molar-refractivity contribution in [1.82, 2.24) is 0 Å². The minimum Gasteiger partial charge on any atom is -0.494 e. The van der Waals surface area contributed by atoms with E-state index in [9.17, 15) is 9.59 Å². The van der Waals surface area contributed by atoms with Crippen LogP contribution in [0, 0.1) is 5.41 Å². The molecule has 1 aliphatic heterocycles. The summed E-state index contributed by atoms with van der Waals surface area (Å²) in [6, 6.07) is 12.1. The van der Waals surface area contributed by atoms with E-state index in [1.54, 1.807) is 42.5 Å². The number of hydrogen-bond acceptors (Lipinski definition) is 4. The zero-order valence-electron chi connectivity index (χ0n) is 15.1. The van der Waals surface area contributed by atoms with Crippen molar-refractivity contribution in [3.63, 3.8) is 0 Å². The van der Waals surface area contributed by atoms with Crippen LogP contribution in [0.1, 0.15) is 31.1 Å². The maximum Gasteiger partial charge on any atom is 0.255 e. The first-order valence-corrected chi connectivity index (χ1v) is 8.51. The Labute approximate surface area is 152 Å². The number of rotatable bonds is 4. The van der Waals surface area contributed by atoms with Crippen LogP contribution >= 0.6 is 0 Å². The highest BCUT2D eigenvalue weighted by Gasteiger charge is 2.32. The average Bonchev–Trinajstić information content (AvgIpc) is 2.72. The lowest BCUT2D eigenvalue weighted by molar-refractivity contribution is -0.124. The zero-order chi connectivity index (χ0) is 18.7. The standard InChI is InChI=1S/C20H22N2O4/c1-4-25-15-8-5-13(6-9-15)18(23)21-14-7-10-16-17(11-14)26-12-20(2,3)19(24)22-16/h5-11H,4,12H2,1-3H3,(H,21,23)(H,22,24). The Morgan fingerprint density at radius 3 is 2.65 bits per heavy atom. The molecule has 0 spiro atoms.